The molecule has 1 saturated carbocycles. The molecule has 3 nitrogen and oxygen atoms in total. The lowest BCUT2D eigenvalue weighted by Crippen LogP contribution is -2.35. The van der Waals surface area contributed by atoms with E-state index in [2.05, 4.69) is 55.4 Å². The lowest BCUT2D eigenvalue weighted by molar-refractivity contribution is -0.131. The monoisotopic (exact) mass is 278 g/mol. The summed E-state index contributed by atoms with van der Waals surface area (Å²) in [7, 11) is 0. The van der Waals surface area contributed by atoms with Gasteiger partial charge in [0.15, 0.2) is 0 Å². The van der Waals surface area contributed by atoms with E-state index in [4.69, 9.17) is 0 Å². The van der Waals surface area contributed by atoms with E-state index in [9.17, 15) is 4.79 Å². The van der Waals surface area contributed by atoms with E-state index in [1.54, 1.807) is 11.3 Å². The third kappa shape index (κ3) is 1.62. The van der Waals surface area contributed by atoms with Gasteiger partial charge in [0, 0.05) is 10.9 Å². The number of hydrogen-bond donors (Lipinski definition) is 1. The number of carbonyl (C=O) groups excluding carboxylic acids is 1. The number of thiophene rings is 1. The van der Waals surface area contributed by atoms with Crippen molar-refractivity contribution in [2.24, 2.45) is 10.8 Å². The molecule has 1 aromatic heterocycles. The van der Waals surface area contributed by atoms with E-state index in [0.717, 1.165) is 0 Å². The summed E-state index contributed by atoms with van der Waals surface area (Å²) in [4.78, 5) is 15.9. The molecule has 0 aromatic carbocycles. The van der Waals surface area contributed by atoms with Gasteiger partial charge < -0.3 is 4.90 Å². The van der Waals surface area contributed by atoms with Crippen LogP contribution in [-0.2, 0) is 4.79 Å². The molecule has 1 aliphatic carbocycles. The minimum Gasteiger partial charge on any atom is -0.317 e. The molecule has 2 fully saturated rings. The van der Waals surface area contributed by atoms with E-state index in [1.807, 2.05) is 6.92 Å². The average Bonchev–Trinajstić information content (AvgIpc) is 2.78. The zero-order valence-corrected chi connectivity index (χ0v) is 13.0. The van der Waals surface area contributed by atoms with E-state index >= 15 is 0 Å². The van der Waals surface area contributed by atoms with Crippen LogP contribution in [0.25, 0.3) is 0 Å². The van der Waals surface area contributed by atoms with E-state index in [1.165, 1.54) is 4.88 Å². The van der Waals surface area contributed by atoms with Crippen molar-refractivity contribution in [3.05, 3.63) is 22.4 Å². The van der Waals surface area contributed by atoms with Crippen molar-refractivity contribution in [1.29, 1.82) is 0 Å². The number of rotatable bonds is 2. The zero-order chi connectivity index (χ0) is 14.0. The Labute approximate surface area is 119 Å². The molecule has 0 spiro atoms. The average molecular weight is 278 g/mol. The number of hydrogen-bond acceptors (Lipinski definition) is 3. The maximum Gasteiger partial charge on any atom is 0.241 e. The van der Waals surface area contributed by atoms with Crippen molar-refractivity contribution in [3.63, 3.8) is 0 Å². The van der Waals surface area contributed by atoms with Gasteiger partial charge in [-0.1, -0.05) is 33.8 Å². The molecular formula is C15H22N2OS. The first-order valence-corrected chi connectivity index (χ1v) is 7.78. The van der Waals surface area contributed by atoms with Crippen molar-refractivity contribution < 1.29 is 4.79 Å². The van der Waals surface area contributed by atoms with Gasteiger partial charge in [-0.2, -0.15) is 0 Å². The first kappa shape index (κ1) is 13.1. The molecule has 0 radical (unpaired) electrons. The summed E-state index contributed by atoms with van der Waals surface area (Å²) in [6, 6.07) is 4.40. The minimum atomic E-state index is -0.0840. The third-order valence-electron chi connectivity index (χ3n) is 5.35. The predicted octanol–water partition coefficient (Wildman–Crippen LogP) is 3.00. The van der Waals surface area contributed by atoms with Crippen LogP contribution < -0.4 is 5.32 Å². The molecule has 3 rings (SSSR count). The standard InChI is InChI=1S/C15H22N2OS/c1-9-12(18)17(13-14(2,3)15(13,4)5)11(16-9)10-7-6-8-19-10/h6-9,11,13,16H,1-5H3. The molecule has 19 heavy (non-hydrogen) atoms. The van der Waals surface area contributed by atoms with Crippen LogP contribution in [0.1, 0.15) is 45.7 Å². The summed E-state index contributed by atoms with van der Waals surface area (Å²) in [5.41, 5.74) is 0.369. The summed E-state index contributed by atoms with van der Waals surface area (Å²) < 4.78 is 0. The Kier molecular flexibility index (Phi) is 2.64. The van der Waals surface area contributed by atoms with E-state index in [-0.39, 0.29) is 28.9 Å². The van der Waals surface area contributed by atoms with Crippen molar-refractivity contribution in [2.75, 3.05) is 0 Å². The fraction of sp³-hybridized carbons (Fsp3) is 0.667. The molecule has 2 unspecified atom stereocenters. The van der Waals surface area contributed by atoms with Gasteiger partial charge in [-0.05, 0) is 29.2 Å². The third-order valence-corrected chi connectivity index (χ3v) is 6.27. The zero-order valence-electron chi connectivity index (χ0n) is 12.2. The highest BCUT2D eigenvalue weighted by Crippen LogP contribution is 2.66. The number of nitrogens with one attached hydrogen (secondary N) is 1. The lowest BCUT2D eigenvalue weighted by atomic mass is 10.0. The van der Waals surface area contributed by atoms with Gasteiger partial charge in [0.25, 0.3) is 0 Å². The van der Waals surface area contributed by atoms with Crippen LogP contribution in [0.4, 0.5) is 0 Å². The molecule has 4 heteroatoms. The van der Waals surface area contributed by atoms with Crippen molar-refractivity contribution in [3.8, 4) is 0 Å². The first-order chi connectivity index (χ1) is 8.78. The molecule has 1 aromatic rings. The van der Waals surface area contributed by atoms with Gasteiger partial charge in [0.2, 0.25) is 5.91 Å². The SMILES string of the molecule is CC1NC(c2cccs2)N(C2C(C)(C)C2(C)C)C1=O. The maximum absolute atomic E-state index is 12.5. The van der Waals surface area contributed by atoms with Gasteiger partial charge in [-0.3, -0.25) is 10.1 Å². The van der Waals surface area contributed by atoms with Crippen LogP contribution in [0.3, 0.4) is 0 Å². The summed E-state index contributed by atoms with van der Waals surface area (Å²) >= 11 is 1.72. The molecule has 0 bridgehead atoms. The Hall–Kier alpha value is -0.870. The topological polar surface area (TPSA) is 32.3 Å². The lowest BCUT2D eigenvalue weighted by Gasteiger charge is -2.26. The molecular weight excluding hydrogens is 256 g/mol. The predicted molar refractivity (Wildman–Crippen MR) is 77.9 cm³/mol. The summed E-state index contributed by atoms with van der Waals surface area (Å²) in [5, 5.41) is 5.52. The molecule has 1 N–H and O–H groups in total. The fourth-order valence-electron chi connectivity index (χ4n) is 3.54. The van der Waals surface area contributed by atoms with E-state index in [0.29, 0.717) is 6.04 Å². The van der Waals surface area contributed by atoms with Crippen LogP contribution in [-0.4, -0.2) is 22.9 Å². The number of carbonyl (C=O) groups is 1. The van der Waals surface area contributed by atoms with Crippen LogP contribution in [0.15, 0.2) is 17.5 Å². The molecule has 2 aliphatic rings. The molecule has 1 amide bonds. The Morgan fingerprint density at radius 3 is 2.37 bits per heavy atom. The summed E-state index contributed by atoms with van der Waals surface area (Å²) in [6.45, 7) is 11.0. The molecule has 1 saturated heterocycles. The maximum atomic E-state index is 12.5. The Morgan fingerprint density at radius 2 is 1.89 bits per heavy atom. The van der Waals surface area contributed by atoms with Crippen molar-refractivity contribution in [2.45, 2.75) is 52.9 Å². The molecule has 1 aliphatic heterocycles. The first-order valence-electron chi connectivity index (χ1n) is 6.90. The van der Waals surface area contributed by atoms with Crippen LogP contribution in [0.5, 0.6) is 0 Å². The second-order valence-corrected chi connectivity index (χ2v) is 7.88. The number of nitrogens with zero attached hydrogens (tertiary/aromatic N) is 1. The van der Waals surface area contributed by atoms with Crippen molar-refractivity contribution in [1.82, 2.24) is 10.2 Å². The number of amides is 1. The molecule has 2 atom stereocenters. The highest BCUT2D eigenvalue weighted by molar-refractivity contribution is 7.10. The largest absolute Gasteiger partial charge is 0.317 e. The van der Waals surface area contributed by atoms with Crippen LogP contribution >= 0.6 is 11.3 Å². The van der Waals surface area contributed by atoms with Gasteiger partial charge in [0.05, 0.1) is 6.04 Å². The Balaban J connectivity index is 1.96. The fourth-order valence-corrected chi connectivity index (χ4v) is 4.32. The Morgan fingerprint density at radius 1 is 1.26 bits per heavy atom. The van der Waals surface area contributed by atoms with Crippen LogP contribution in [0, 0.1) is 10.8 Å². The quantitative estimate of drug-likeness (QED) is 0.902. The highest BCUT2D eigenvalue weighted by Gasteiger charge is 2.70. The van der Waals surface area contributed by atoms with Crippen LogP contribution in [0.2, 0.25) is 0 Å². The second kappa shape index (κ2) is 3.83. The summed E-state index contributed by atoms with van der Waals surface area (Å²) in [6.07, 6.45) is 0.0496. The highest BCUT2D eigenvalue weighted by atomic mass is 32.1. The van der Waals surface area contributed by atoms with Gasteiger partial charge >= 0.3 is 0 Å². The smallest absolute Gasteiger partial charge is 0.241 e. The van der Waals surface area contributed by atoms with Gasteiger partial charge in [0.1, 0.15) is 6.17 Å². The van der Waals surface area contributed by atoms with Gasteiger partial charge in [-0.25, -0.2) is 0 Å². The normalized spacial score (nSPS) is 32.9. The van der Waals surface area contributed by atoms with Crippen molar-refractivity contribution >= 4 is 17.2 Å². The minimum absolute atomic E-state index is 0.0496. The second-order valence-electron chi connectivity index (χ2n) is 6.90. The van der Waals surface area contributed by atoms with Gasteiger partial charge in [-0.15, -0.1) is 11.3 Å². The van der Waals surface area contributed by atoms with E-state index < -0.39 is 0 Å². The molecule has 2 heterocycles. The summed E-state index contributed by atoms with van der Waals surface area (Å²) in [5.74, 6) is 0.238. The molecule has 104 valence electrons. The Bertz CT molecular complexity index is 492.